The topological polar surface area (TPSA) is 15.3 Å². The Kier molecular flexibility index (Phi) is 4.26. The molecule has 2 heteroatoms. The van der Waals surface area contributed by atoms with Crippen molar-refractivity contribution in [3.63, 3.8) is 0 Å². The first-order chi connectivity index (χ1) is 7.72. The van der Waals surface area contributed by atoms with Crippen molar-refractivity contribution in [2.75, 3.05) is 26.2 Å². The molecule has 0 aromatic heterocycles. The molecule has 16 heavy (non-hydrogen) atoms. The Bertz CT molecular complexity index is 209. The molecule has 0 aromatic carbocycles. The van der Waals surface area contributed by atoms with Crippen LogP contribution in [-0.2, 0) is 0 Å². The average Bonchev–Trinajstić information content (AvgIpc) is 2.57. The third-order valence-electron chi connectivity index (χ3n) is 4.56. The fourth-order valence-electron chi connectivity index (χ4n) is 3.41. The van der Waals surface area contributed by atoms with Gasteiger partial charge >= 0.3 is 0 Å². The Morgan fingerprint density at radius 2 is 2.00 bits per heavy atom. The van der Waals surface area contributed by atoms with E-state index >= 15 is 0 Å². The fourth-order valence-corrected chi connectivity index (χ4v) is 3.41. The summed E-state index contributed by atoms with van der Waals surface area (Å²) in [4.78, 5) is 2.70. The molecule has 0 amide bonds. The second-order valence-corrected chi connectivity index (χ2v) is 6.14. The first kappa shape index (κ1) is 12.4. The molecular weight excluding hydrogens is 196 g/mol. The maximum Gasteiger partial charge on any atom is 0.0107 e. The van der Waals surface area contributed by atoms with Gasteiger partial charge in [0, 0.05) is 25.7 Å². The summed E-state index contributed by atoms with van der Waals surface area (Å²) in [7, 11) is 0. The van der Waals surface area contributed by atoms with Gasteiger partial charge in [0.2, 0.25) is 0 Å². The molecule has 1 saturated heterocycles. The van der Waals surface area contributed by atoms with Crippen LogP contribution in [-0.4, -0.2) is 37.1 Å². The normalized spacial score (nSPS) is 31.5. The summed E-state index contributed by atoms with van der Waals surface area (Å²) in [5.74, 6) is 0. The van der Waals surface area contributed by atoms with Crippen molar-refractivity contribution in [2.24, 2.45) is 5.41 Å². The molecule has 94 valence electrons. The molecular formula is C14H28N2. The van der Waals surface area contributed by atoms with Gasteiger partial charge < -0.3 is 10.2 Å². The van der Waals surface area contributed by atoms with E-state index in [1.807, 2.05) is 0 Å². The predicted octanol–water partition coefficient (Wildman–Crippen LogP) is 2.64. The minimum absolute atomic E-state index is 0.631. The van der Waals surface area contributed by atoms with Crippen LogP contribution in [0.1, 0.15) is 52.4 Å². The van der Waals surface area contributed by atoms with E-state index in [9.17, 15) is 0 Å². The van der Waals surface area contributed by atoms with Gasteiger partial charge in [-0.05, 0) is 37.6 Å². The number of nitrogens with zero attached hydrogens (tertiary/aromatic N) is 1. The standard InChI is InChI=1S/C14H28N2/c1-3-13-6-10-16(11-9-15-13)12-14(2)7-4-5-8-14/h13,15H,3-12H2,1-2H3. The molecule has 1 saturated carbocycles. The lowest BCUT2D eigenvalue weighted by molar-refractivity contribution is 0.174. The molecule has 2 fully saturated rings. The van der Waals surface area contributed by atoms with E-state index in [2.05, 4.69) is 24.1 Å². The molecule has 1 aliphatic carbocycles. The van der Waals surface area contributed by atoms with E-state index in [0.717, 1.165) is 6.04 Å². The van der Waals surface area contributed by atoms with Crippen molar-refractivity contribution in [1.29, 1.82) is 0 Å². The molecule has 0 aromatic rings. The zero-order chi connectivity index (χ0) is 11.4. The Labute approximate surface area is 101 Å². The molecule has 2 nitrogen and oxygen atoms in total. The molecule has 1 atom stereocenters. The van der Waals surface area contributed by atoms with E-state index in [4.69, 9.17) is 0 Å². The molecule has 2 aliphatic rings. The Hall–Kier alpha value is -0.0800. The van der Waals surface area contributed by atoms with Gasteiger partial charge in [0.15, 0.2) is 0 Å². The Morgan fingerprint density at radius 1 is 1.25 bits per heavy atom. The van der Waals surface area contributed by atoms with Gasteiger partial charge in [-0.1, -0.05) is 26.7 Å². The van der Waals surface area contributed by atoms with Crippen LogP contribution in [0, 0.1) is 5.41 Å². The summed E-state index contributed by atoms with van der Waals surface area (Å²) >= 11 is 0. The van der Waals surface area contributed by atoms with Gasteiger partial charge in [0.1, 0.15) is 0 Å². The molecule has 1 unspecified atom stereocenters. The maximum atomic E-state index is 3.66. The summed E-state index contributed by atoms with van der Waals surface area (Å²) in [6, 6.07) is 0.765. The first-order valence-corrected chi connectivity index (χ1v) is 7.18. The Balaban J connectivity index is 1.81. The molecule has 1 aliphatic heterocycles. The Morgan fingerprint density at radius 3 is 2.69 bits per heavy atom. The number of rotatable bonds is 3. The van der Waals surface area contributed by atoms with Gasteiger partial charge in [0.25, 0.3) is 0 Å². The minimum atomic E-state index is 0.631. The van der Waals surface area contributed by atoms with Gasteiger partial charge in [-0.25, -0.2) is 0 Å². The number of hydrogen-bond acceptors (Lipinski definition) is 2. The lowest BCUT2D eigenvalue weighted by Crippen LogP contribution is -2.36. The van der Waals surface area contributed by atoms with Crippen molar-refractivity contribution in [3.05, 3.63) is 0 Å². The zero-order valence-electron chi connectivity index (χ0n) is 11.1. The molecule has 1 N–H and O–H groups in total. The van der Waals surface area contributed by atoms with E-state index in [-0.39, 0.29) is 0 Å². The summed E-state index contributed by atoms with van der Waals surface area (Å²) in [6.45, 7) is 9.88. The number of nitrogens with one attached hydrogen (secondary N) is 1. The zero-order valence-corrected chi connectivity index (χ0v) is 11.1. The predicted molar refractivity (Wildman–Crippen MR) is 69.7 cm³/mol. The molecule has 1 heterocycles. The smallest absolute Gasteiger partial charge is 0.0107 e. The van der Waals surface area contributed by atoms with Crippen molar-refractivity contribution in [3.8, 4) is 0 Å². The maximum absolute atomic E-state index is 3.66. The highest BCUT2D eigenvalue weighted by Crippen LogP contribution is 2.38. The van der Waals surface area contributed by atoms with Crippen LogP contribution >= 0.6 is 0 Å². The largest absolute Gasteiger partial charge is 0.313 e. The van der Waals surface area contributed by atoms with Gasteiger partial charge in [-0.2, -0.15) is 0 Å². The third kappa shape index (κ3) is 3.21. The first-order valence-electron chi connectivity index (χ1n) is 7.18. The molecule has 2 rings (SSSR count). The van der Waals surface area contributed by atoms with Crippen LogP contribution in [0.3, 0.4) is 0 Å². The van der Waals surface area contributed by atoms with Crippen LogP contribution in [0.25, 0.3) is 0 Å². The summed E-state index contributed by atoms with van der Waals surface area (Å²) < 4.78 is 0. The van der Waals surface area contributed by atoms with Crippen LogP contribution in [0.15, 0.2) is 0 Å². The quantitative estimate of drug-likeness (QED) is 0.793. The van der Waals surface area contributed by atoms with Crippen molar-refractivity contribution >= 4 is 0 Å². The van der Waals surface area contributed by atoms with Gasteiger partial charge in [0.05, 0.1) is 0 Å². The van der Waals surface area contributed by atoms with Crippen molar-refractivity contribution < 1.29 is 0 Å². The monoisotopic (exact) mass is 224 g/mol. The highest BCUT2D eigenvalue weighted by atomic mass is 15.2. The summed E-state index contributed by atoms with van der Waals surface area (Å²) in [5, 5.41) is 3.66. The van der Waals surface area contributed by atoms with Crippen LogP contribution in [0.4, 0.5) is 0 Å². The fraction of sp³-hybridized carbons (Fsp3) is 1.00. The summed E-state index contributed by atoms with van der Waals surface area (Å²) in [5.41, 5.74) is 0.631. The lowest BCUT2D eigenvalue weighted by atomic mass is 9.88. The summed E-state index contributed by atoms with van der Waals surface area (Å²) in [6.07, 6.45) is 8.44. The molecule has 0 bridgehead atoms. The second-order valence-electron chi connectivity index (χ2n) is 6.14. The second kappa shape index (κ2) is 5.50. The average molecular weight is 224 g/mol. The SMILES string of the molecule is CCC1CCN(CC2(C)CCCC2)CCN1. The van der Waals surface area contributed by atoms with Crippen LogP contribution in [0.2, 0.25) is 0 Å². The minimum Gasteiger partial charge on any atom is -0.313 e. The van der Waals surface area contributed by atoms with E-state index in [1.54, 1.807) is 0 Å². The van der Waals surface area contributed by atoms with E-state index < -0.39 is 0 Å². The highest BCUT2D eigenvalue weighted by Gasteiger charge is 2.31. The molecule has 0 spiro atoms. The van der Waals surface area contributed by atoms with Crippen molar-refractivity contribution in [1.82, 2.24) is 10.2 Å². The number of hydrogen-bond donors (Lipinski definition) is 1. The molecule has 0 radical (unpaired) electrons. The van der Waals surface area contributed by atoms with Gasteiger partial charge in [-0.3, -0.25) is 0 Å². The van der Waals surface area contributed by atoms with Crippen LogP contribution in [0.5, 0.6) is 0 Å². The third-order valence-corrected chi connectivity index (χ3v) is 4.56. The van der Waals surface area contributed by atoms with Crippen molar-refractivity contribution in [2.45, 2.75) is 58.4 Å². The van der Waals surface area contributed by atoms with Crippen LogP contribution < -0.4 is 5.32 Å². The highest BCUT2D eigenvalue weighted by molar-refractivity contribution is 4.85. The van der Waals surface area contributed by atoms with Gasteiger partial charge in [-0.15, -0.1) is 0 Å². The lowest BCUT2D eigenvalue weighted by Gasteiger charge is -2.31. The van der Waals surface area contributed by atoms with E-state index in [1.165, 1.54) is 64.7 Å². The van der Waals surface area contributed by atoms with E-state index in [0.29, 0.717) is 5.41 Å².